The summed E-state index contributed by atoms with van der Waals surface area (Å²) in [7, 11) is 0. The predicted molar refractivity (Wildman–Crippen MR) is 57.2 cm³/mol. The van der Waals surface area contributed by atoms with E-state index in [1.165, 1.54) is 25.7 Å². The summed E-state index contributed by atoms with van der Waals surface area (Å²) < 4.78 is 2.11. The van der Waals surface area contributed by atoms with Crippen molar-refractivity contribution in [2.24, 2.45) is 0 Å². The van der Waals surface area contributed by atoms with Crippen LogP contribution in [0.4, 0.5) is 0 Å². The minimum atomic E-state index is 0.580. The van der Waals surface area contributed by atoms with Crippen LogP contribution in [0.1, 0.15) is 38.6 Å². The number of aromatic nitrogens is 2. The zero-order valence-electron chi connectivity index (χ0n) is 8.82. The molecule has 2 atom stereocenters. The van der Waals surface area contributed by atoms with E-state index >= 15 is 0 Å². The molecule has 3 heteroatoms. The highest BCUT2D eigenvalue weighted by atomic mass is 15.3. The lowest BCUT2D eigenvalue weighted by Crippen LogP contribution is -2.34. The highest BCUT2D eigenvalue weighted by Crippen LogP contribution is 2.29. The normalized spacial score (nSPS) is 26.9. The second kappa shape index (κ2) is 4.60. The molecule has 1 aromatic rings. The van der Waals surface area contributed by atoms with Gasteiger partial charge in [-0.05, 0) is 38.3 Å². The monoisotopic (exact) mass is 193 g/mol. The van der Waals surface area contributed by atoms with Gasteiger partial charge in [-0.3, -0.25) is 4.68 Å². The zero-order chi connectivity index (χ0) is 9.80. The van der Waals surface area contributed by atoms with Crippen molar-refractivity contribution < 1.29 is 0 Å². The topological polar surface area (TPSA) is 29.9 Å². The molecular weight excluding hydrogens is 174 g/mol. The molecule has 0 radical (unpaired) electrons. The van der Waals surface area contributed by atoms with E-state index in [9.17, 15) is 0 Å². The van der Waals surface area contributed by atoms with Gasteiger partial charge in [-0.25, -0.2) is 0 Å². The Balaban J connectivity index is 1.97. The molecule has 1 aliphatic carbocycles. The Morgan fingerprint density at radius 1 is 1.50 bits per heavy atom. The number of nitrogens with one attached hydrogen (secondary N) is 1. The number of nitrogens with zero attached hydrogens (tertiary/aromatic N) is 2. The Hall–Kier alpha value is -0.830. The minimum absolute atomic E-state index is 0.580. The third-order valence-electron chi connectivity index (χ3n) is 3.00. The van der Waals surface area contributed by atoms with Gasteiger partial charge in [0.2, 0.25) is 0 Å². The number of hydrogen-bond acceptors (Lipinski definition) is 2. The van der Waals surface area contributed by atoms with Crippen LogP contribution in [-0.2, 0) is 0 Å². The smallest absolute Gasteiger partial charge is 0.0672 e. The van der Waals surface area contributed by atoms with E-state index in [1.54, 1.807) is 0 Å². The van der Waals surface area contributed by atoms with Crippen LogP contribution < -0.4 is 5.32 Å². The SMILES string of the molecule is CCCNC1CCCC1n1cccn1. The first-order valence-corrected chi connectivity index (χ1v) is 5.64. The quantitative estimate of drug-likeness (QED) is 0.792. The molecule has 1 saturated carbocycles. The lowest BCUT2D eigenvalue weighted by atomic mass is 10.2. The molecule has 78 valence electrons. The Morgan fingerprint density at radius 2 is 2.43 bits per heavy atom. The zero-order valence-corrected chi connectivity index (χ0v) is 8.82. The third kappa shape index (κ3) is 1.98. The molecule has 0 spiro atoms. The van der Waals surface area contributed by atoms with E-state index in [0.717, 1.165) is 6.54 Å². The summed E-state index contributed by atoms with van der Waals surface area (Å²) in [6.07, 6.45) is 9.05. The summed E-state index contributed by atoms with van der Waals surface area (Å²) >= 11 is 0. The first-order chi connectivity index (χ1) is 6.92. The van der Waals surface area contributed by atoms with E-state index in [1.807, 2.05) is 12.3 Å². The average molecular weight is 193 g/mol. The summed E-state index contributed by atoms with van der Waals surface area (Å²) in [5.41, 5.74) is 0. The molecular formula is C11H19N3. The summed E-state index contributed by atoms with van der Waals surface area (Å²) in [4.78, 5) is 0. The molecule has 0 aromatic carbocycles. The van der Waals surface area contributed by atoms with Gasteiger partial charge in [0.25, 0.3) is 0 Å². The fraction of sp³-hybridized carbons (Fsp3) is 0.727. The van der Waals surface area contributed by atoms with Crippen LogP contribution in [0.5, 0.6) is 0 Å². The first-order valence-electron chi connectivity index (χ1n) is 5.64. The maximum Gasteiger partial charge on any atom is 0.0672 e. The summed E-state index contributed by atoms with van der Waals surface area (Å²) in [5, 5.41) is 7.94. The van der Waals surface area contributed by atoms with E-state index in [2.05, 4.69) is 28.2 Å². The molecule has 0 amide bonds. The maximum atomic E-state index is 4.33. The lowest BCUT2D eigenvalue weighted by molar-refractivity contribution is 0.366. The second-order valence-corrected chi connectivity index (χ2v) is 4.04. The van der Waals surface area contributed by atoms with Crippen LogP contribution in [-0.4, -0.2) is 22.4 Å². The van der Waals surface area contributed by atoms with Crippen LogP contribution in [0.3, 0.4) is 0 Å². The van der Waals surface area contributed by atoms with Gasteiger partial charge in [-0.15, -0.1) is 0 Å². The number of rotatable bonds is 4. The van der Waals surface area contributed by atoms with Gasteiger partial charge in [-0.2, -0.15) is 5.10 Å². The minimum Gasteiger partial charge on any atom is -0.312 e. The summed E-state index contributed by atoms with van der Waals surface area (Å²) in [6.45, 7) is 3.34. The Bertz CT molecular complexity index is 256. The Kier molecular flexibility index (Phi) is 3.19. The molecule has 1 aromatic heterocycles. The summed E-state index contributed by atoms with van der Waals surface area (Å²) in [5.74, 6) is 0. The van der Waals surface area contributed by atoms with Crippen LogP contribution in [0.2, 0.25) is 0 Å². The van der Waals surface area contributed by atoms with Gasteiger partial charge in [0.15, 0.2) is 0 Å². The van der Waals surface area contributed by atoms with Crippen LogP contribution >= 0.6 is 0 Å². The van der Waals surface area contributed by atoms with Crippen molar-refractivity contribution in [1.29, 1.82) is 0 Å². The molecule has 2 rings (SSSR count). The van der Waals surface area contributed by atoms with Crippen LogP contribution in [0.25, 0.3) is 0 Å². The molecule has 2 unspecified atom stereocenters. The Morgan fingerprint density at radius 3 is 3.14 bits per heavy atom. The molecule has 1 N–H and O–H groups in total. The Labute approximate surface area is 85.5 Å². The van der Waals surface area contributed by atoms with Crippen molar-refractivity contribution >= 4 is 0 Å². The van der Waals surface area contributed by atoms with Gasteiger partial charge in [-0.1, -0.05) is 6.92 Å². The van der Waals surface area contributed by atoms with Crippen molar-refractivity contribution in [2.75, 3.05) is 6.54 Å². The van der Waals surface area contributed by atoms with Crippen molar-refractivity contribution in [3.63, 3.8) is 0 Å². The third-order valence-corrected chi connectivity index (χ3v) is 3.00. The highest BCUT2D eigenvalue weighted by Gasteiger charge is 2.27. The molecule has 1 heterocycles. The van der Waals surface area contributed by atoms with Crippen LogP contribution in [0, 0.1) is 0 Å². The maximum absolute atomic E-state index is 4.33. The van der Waals surface area contributed by atoms with Gasteiger partial charge in [0, 0.05) is 18.4 Å². The van der Waals surface area contributed by atoms with Crippen molar-refractivity contribution in [2.45, 2.75) is 44.7 Å². The van der Waals surface area contributed by atoms with Crippen LogP contribution in [0.15, 0.2) is 18.5 Å². The molecule has 0 aliphatic heterocycles. The van der Waals surface area contributed by atoms with E-state index < -0.39 is 0 Å². The fourth-order valence-electron chi connectivity index (χ4n) is 2.30. The van der Waals surface area contributed by atoms with E-state index in [-0.39, 0.29) is 0 Å². The standard InChI is InChI=1S/C11H19N3/c1-2-7-12-10-5-3-6-11(10)14-9-4-8-13-14/h4,8-12H,2-3,5-7H2,1H3. The van der Waals surface area contributed by atoms with E-state index in [0.29, 0.717) is 12.1 Å². The van der Waals surface area contributed by atoms with E-state index in [4.69, 9.17) is 0 Å². The van der Waals surface area contributed by atoms with Gasteiger partial charge in [0.05, 0.1) is 6.04 Å². The second-order valence-electron chi connectivity index (χ2n) is 4.04. The predicted octanol–water partition coefficient (Wildman–Crippen LogP) is 1.98. The van der Waals surface area contributed by atoms with Gasteiger partial charge < -0.3 is 5.32 Å². The molecule has 1 fully saturated rings. The summed E-state index contributed by atoms with van der Waals surface area (Å²) in [6, 6.07) is 3.22. The molecule has 3 nitrogen and oxygen atoms in total. The highest BCUT2D eigenvalue weighted by molar-refractivity contribution is 4.90. The molecule has 1 aliphatic rings. The van der Waals surface area contributed by atoms with Crippen molar-refractivity contribution in [3.05, 3.63) is 18.5 Å². The largest absolute Gasteiger partial charge is 0.312 e. The molecule has 0 bridgehead atoms. The number of hydrogen-bond donors (Lipinski definition) is 1. The first kappa shape index (κ1) is 9.71. The van der Waals surface area contributed by atoms with Gasteiger partial charge in [0.1, 0.15) is 0 Å². The lowest BCUT2D eigenvalue weighted by Gasteiger charge is -2.21. The van der Waals surface area contributed by atoms with Gasteiger partial charge >= 0.3 is 0 Å². The molecule has 0 saturated heterocycles. The van der Waals surface area contributed by atoms with Crippen molar-refractivity contribution in [1.82, 2.24) is 15.1 Å². The van der Waals surface area contributed by atoms with Crippen molar-refractivity contribution in [3.8, 4) is 0 Å². The fourth-order valence-corrected chi connectivity index (χ4v) is 2.30. The average Bonchev–Trinajstić information content (AvgIpc) is 2.84. The molecule has 14 heavy (non-hydrogen) atoms.